The normalized spacial score (nSPS) is 15.0. The first kappa shape index (κ1) is 20.3. The second-order valence-electron chi connectivity index (χ2n) is 8.39. The summed E-state index contributed by atoms with van der Waals surface area (Å²) in [6.07, 6.45) is 3.46. The highest BCUT2D eigenvalue weighted by atomic mass is 35.5. The van der Waals surface area contributed by atoms with E-state index in [4.69, 9.17) is 22.1 Å². The highest BCUT2D eigenvalue weighted by Gasteiger charge is 2.42. The van der Waals surface area contributed by atoms with Crippen LogP contribution in [0.3, 0.4) is 0 Å². The van der Waals surface area contributed by atoms with Gasteiger partial charge in [0.1, 0.15) is 10.8 Å². The Morgan fingerprint density at radius 1 is 1.25 bits per heavy atom. The third-order valence-corrected chi connectivity index (χ3v) is 4.99. The van der Waals surface area contributed by atoms with E-state index < -0.39 is 5.60 Å². The average molecular weight is 403 g/mol. The third kappa shape index (κ3) is 5.52. The number of carbonyl (C=O) groups excluding carboxylic acids is 1. The number of ether oxygens (including phenoxy) is 1. The highest BCUT2D eigenvalue weighted by molar-refractivity contribution is 6.32. The number of carbonyl (C=O) groups is 1. The molecule has 0 unspecified atom stereocenters. The van der Waals surface area contributed by atoms with Gasteiger partial charge in [0.15, 0.2) is 0 Å². The number of pyridine rings is 1. The maximum atomic E-state index is 11.9. The summed E-state index contributed by atoms with van der Waals surface area (Å²) in [6.45, 7) is 6.89. The number of alkyl carbamates (subject to hydrolysis) is 1. The molecular weight excluding hydrogens is 376 g/mol. The van der Waals surface area contributed by atoms with Crippen LogP contribution in [-0.4, -0.2) is 29.8 Å². The minimum atomic E-state index is -0.494. The summed E-state index contributed by atoms with van der Waals surface area (Å²) in [4.78, 5) is 16.2. The number of halogens is 1. The molecule has 6 nitrogen and oxygen atoms in total. The van der Waals surface area contributed by atoms with Crippen molar-refractivity contribution < 1.29 is 9.53 Å². The fourth-order valence-electron chi connectivity index (χ4n) is 2.87. The van der Waals surface area contributed by atoms with Crippen LogP contribution in [0.2, 0.25) is 5.15 Å². The molecule has 150 valence electrons. The fourth-order valence-corrected chi connectivity index (χ4v) is 3.08. The predicted octanol–water partition coefficient (Wildman–Crippen LogP) is 4.70. The molecule has 1 aromatic carbocycles. The maximum absolute atomic E-state index is 11.9. The topological polar surface area (TPSA) is 89.3 Å². The van der Waals surface area contributed by atoms with Gasteiger partial charge in [0.25, 0.3) is 0 Å². The largest absolute Gasteiger partial charge is 0.444 e. The van der Waals surface area contributed by atoms with Gasteiger partial charge in [-0.3, -0.25) is 0 Å². The lowest BCUT2D eigenvalue weighted by atomic mass is 10.1. The van der Waals surface area contributed by atoms with Gasteiger partial charge in [-0.25, -0.2) is 9.78 Å². The van der Waals surface area contributed by atoms with Crippen LogP contribution in [0.5, 0.6) is 0 Å². The number of aromatic nitrogens is 1. The molecular formula is C21H27ClN4O2. The molecule has 1 heterocycles. The number of nitrogens with two attached hydrogens (primary N) is 1. The van der Waals surface area contributed by atoms with Crippen LogP contribution in [0.25, 0.3) is 11.1 Å². The summed E-state index contributed by atoms with van der Waals surface area (Å²) in [7, 11) is 0. The van der Waals surface area contributed by atoms with Crippen molar-refractivity contribution in [1.29, 1.82) is 0 Å². The molecule has 1 aliphatic carbocycles. The molecule has 1 fully saturated rings. The molecule has 0 spiro atoms. The zero-order chi connectivity index (χ0) is 20.4. The summed E-state index contributed by atoms with van der Waals surface area (Å²) in [5.41, 5.74) is 8.72. The summed E-state index contributed by atoms with van der Waals surface area (Å²) < 4.78 is 5.31. The molecule has 3 rings (SSSR count). The fraction of sp³-hybridized carbons (Fsp3) is 0.429. The first-order chi connectivity index (χ1) is 13.2. The van der Waals surface area contributed by atoms with E-state index in [1.165, 1.54) is 0 Å². The quantitative estimate of drug-likeness (QED) is 0.481. The molecule has 0 aliphatic heterocycles. The minimum absolute atomic E-state index is 0.0535. The van der Waals surface area contributed by atoms with E-state index >= 15 is 0 Å². The third-order valence-electron chi connectivity index (χ3n) is 4.69. The Kier molecular flexibility index (Phi) is 5.70. The van der Waals surface area contributed by atoms with Crippen LogP contribution in [0.15, 0.2) is 36.5 Å². The molecule has 1 aromatic heterocycles. The van der Waals surface area contributed by atoms with Crippen LogP contribution in [0.4, 0.5) is 16.2 Å². The van der Waals surface area contributed by atoms with Crippen molar-refractivity contribution >= 4 is 29.1 Å². The lowest BCUT2D eigenvalue weighted by Gasteiger charge is -2.22. The molecule has 0 bridgehead atoms. The van der Waals surface area contributed by atoms with Crippen LogP contribution in [-0.2, 0) is 4.74 Å². The van der Waals surface area contributed by atoms with Gasteiger partial charge >= 0.3 is 6.09 Å². The lowest BCUT2D eigenvalue weighted by molar-refractivity contribution is 0.0517. The zero-order valence-corrected chi connectivity index (χ0v) is 17.3. The number of amides is 1. The van der Waals surface area contributed by atoms with Gasteiger partial charge in [-0.2, -0.15) is 0 Å². The Bertz CT molecular complexity index is 842. The van der Waals surface area contributed by atoms with Gasteiger partial charge in [0.2, 0.25) is 0 Å². The van der Waals surface area contributed by atoms with Crippen LogP contribution < -0.4 is 16.4 Å². The molecule has 1 aliphatic rings. The number of hydrogen-bond donors (Lipinski definition) is 3. The Balaban J connectivity index is 1.59. The molecule has 0 saturated heterocycles. The van der Waals surface area contributed by atoms with Crippen molar-refractivity contribution in [3.8, 4) is 11.1 Å². The van der Waals surface area contributed by atoms with E-state index in [1.54, 1.807) is 6.20 Å². The second kappa shape index (κ2) is 7.87. The van der Waals surface area contributed by atoms with Crippen LogP contribution in [0, 0.1) is 5.41 Å². The maximum Gasteiger partial charge on any atom is 0.407 e. The minimum Gasteiger partial charge on any atom is -0.444 e. The van der Waals surface area contributed by atoms with Crippen molar-refractivity contribution in [3.05, 3.63) is 41.7 Å². The highest BCUT2D eigenvalue weighted by Crippen LogP contribution is 2.45. The number of nitrogens with one attached hydrogen (secondary N) is 2. The Labute approximate surface area is 170 Å². The van der Waals surface area contributed by atoms with E-state index in [-0.39, 0.29) is 11.5 Å². The van der Waals surface area contributed by atoms with Crippen molar-refractivity contribution in [2.45, 2.75) is 39.2 Å². The van der Waals surface area contributed by atoms with E-state index in [0.717, 1.165) is 36.2 Å². The zero-order valence-electron chi connectivity index (χ0n) is 16.5. The van der Waals surface area contributed by atoms with Gasteiger partial charge in [-0.15, -0.1) is 0 Å². The van der Waals surface area contributed by atoms with Crippen molar-refractivity contribution in [2.24, 2.45) is 5.41 Å². The van der Waals surface area contributed by atoms with E-state index in [1.807, 2.05) is 51.1 Å². The number of hydrogen-bond acceptors (Lipinski definition) is 5. The van der Waals surface area contributed by atoms with Gasteiger partial charge in [-0.1, -0.05) is 23.7 Å². The smallest absolute Gasteiger partial charge is 0.407 e. The van der Waals surface area contributed by atoms with E-state index in [9.17, 15) is 4.79 Å². The van der Waals surface area contributed by atoms with Crippen molar-refractivity contribution in [1.82, 2.24) is 10.3 Å². The van der Waals surface area contributed by atoms with E-state index in [2.05, 4.69) is 15.6 Å². The number of anilines is 2. The average Bonchev–Trinajstić information content (AvgIpc) is 3.39. The Morgan fingerprint density at radius 3 is 2.54 bits per heavy atom. The first-order valence-electron chi connectivity index (χ1n) is 9.38. The summed E-state index contributed by atoms with van der Waals surface area (Å²) in [6, 6.07) is 9.52. The standard InChI is InChI=1S/C21H27ClN4O2/c1-20(2,3)28-19(27)26-13-21(8-9-21)12-25-16-10-17(18(22)24-11-16)14-4-6-15(23)7-5-14/h4-7,10-11,25H,8-9,12-13,23H2,1-3H3,(H,26,27). The molecule has 1 saturated carbocycles. The summed E-state index contributed by atoms with van der Waals surface area (Å²) in [5.74, 6) is 0. The number of rotatable bonds is 6. The number of nitrogen functional groups attached to an aromatic ring is 1. The van der Waals surface area contributed by atoms with Crippen molar-refractivity contribution in [3.63, 3.8) is 0 Å². The molecule has 0 atom stereocenters. The number of benzene rings is 1. The van der Waals surface area contributed by atoms with Gasteiger partial charge < -0.3 is 21.1 Å². The first-order valence-corrected chi connectivity index (χ1v) is 9.76. The summed E-state index contributed by atoms with van der Waals surface area (Å²) >= 11 is 6.28. The Hall–Kier alpha value is -2.47. The van der Waals surface area contributed by atoms with Gasteiger partial charge in [0.05, 0.1) is 11.9 Å². The lowest BCUT2D eigenvalue weighted by Crippen LogP contribution is -2.37. The second-order valence-corrected chi connectivity index (χ2v) is 8.75. The van der Waals surface area contributed by atoms with Gasteiger partial charge in [0, 0.05) is 29.8 Å². The molecule has 7 heteroatoms. The molecule has 4 N–H and O–H groups in total. The molecule has 28 heavy (non-hydrogen) atoms. The molecule has 0 radical (unpaired) electrons. The number of nitrogens with zero attached hydrogens (tertiary/aromatic N) is 1. The summed E-state index contributed by atoms with van der Waals surface area (Å²) in [5, 5.41) is 6.76. The SMILES string of the molecule is CC(C)(C)OC(=O)NCC1(CNc2cnc(Cl)c(-c3ccc(N)cc3)c2)CC1. The predicted molar refractivity (Wildman–Crippen MR) is 113 cm³/mol. The van der Waals surface area contributed by atoms with Crippen LogP contribution in [0.1, 0.15) is 33.6 Å². The molecule has 1 amide bonds. The Morgan fingerprint density at radius 2 is 1.93 bits per heavy atom. The van der Waals surface area contributed by atoms with Crippen LogP contribution >= 0.6 is 11.6 Å². The monoisotopic (exact) mass is 402 g/mol. The van der Waals surface area contributed by atoms with Gasteiger partial charge in [-0.05, 0) is 57.4 Å². The van der Waals surface area contributed by atoms with Crippen molar-refractivity contribution in [2.75, 3.05) is 24.1 Å². The van der Waals surface area contributed by atoms with E-state index in [0.29, 0.717) is 17.4 Å². The molecule has 2 aromatic rings.